The van der Waals surface area contributed by atoms with Crippen LogP contribution in [0.2, 0.25) is 0 Å². The van der Waals surface area contributed by atoms with E-state index in [0.29, 0.717) is 0 Å². The molecule has 0 amide bonds. The van der Waals surface area contributed by atoms with Crippen LogP contribution in [0, 0.1) is 0 Å². The van der Waals surface area contributed by atoms with E-state index >= 15 is 0 Å². The van der Waals surface area contributed by atoms with Gasteiger partial charge >= 0.3 is 59.1 Å². The molecule has 14 heteroatoms. The molecule has 12 nitrogen and oxygen atoms in total. The van der Waals surface area contributed by atoms with E-state index in [-0.39, 0.29) is 103 Å². The molecule has 0 atom stereocenters. The molecule has 0 bridgehead atoms. The summed E-state index contributed by atoms with van der Waals surface area (Å²) in [6.45, 7) is 0. The molecule has 0 aliphatic rings. The average Bonchev–Trinajstić information content (AvgIpc) is 1.61. The molecule has 0 aromatic heterocycles. The normalized spacial score (nSPS) is 4.25. The zero-order valence-corrected chi connectivity index (χ0v) is 6.94. The van der Waals surface area contributed by atoms with Crippen LogP contribution in [0.15, 0.2) is 10.3 Å². The Labute approximate surface area is 135 Å². The van der Waals surface area contributed by atoms with Crippen LogP contribution in [0.4, 0.5) is 0 Å². The fourth-order valence-electron chi connectivity index (χ4n) is 0.0596. The molecule has 0 aliphatic heterocycles. The monoisotopic (exact) mass is 280 g/mol. The zero-order chi connectivity index (χ0) is 4.83. The number of nitrogens with zero attached hydrogens (tertiary/aromatic N) is 2. The predicted molar refractivity (Wildman–Crippen MR) is 63.8 cm³/mol. The summed E-state index contributed by atoms with van der Waals surface area (Å²) in [6, 6.07) is 0. The Morgan fingerprint density at radius 1 is 0.500 bits per heavy atom. The van der Waals surface area contributed by atoms with E-state index in [2.05, 4.69) is 10.3 Å². The van der Waals surface area contributed by atoms with Crippen LogP contribution in [0.1, 0.15) is 0 Å². The van der Waals surface area contributed by atoms with Crippen molar-refractivity contribution in [2.24, 2.45) is 10.3 Å². The molecule has 0 aromatic rings. The van der Waals surface area contributed by atoms with Gasteiger partial charge in [0.15, 0.2) is 0 Å². The SMILES string of the molecule is O.O.O.O.O.O.O.O.ON=CC=NO.[NaH].[NaH]. The van der Waals surface area contributed by atoms with Crippen molar-refractivity contribution in [1.29, 1.82) is 0 Å². The summed E-state index contributed by atoms with van der Waals surface area (Å²) >= 11 is 0. The van der Waals surface area contributed by atoms with Crippen LogP contribution in [0.25, 0.3) is 0 Å². The molecule has 18 N–H and O–H groups in total. The van der Waals surface area contributed by atoms with E-state index in [0.717, 1.165) is 12.4 Å². The molecule has 0 saturated carbocycles. The standard InChI is InChI=1S/C2H4N2O2.2Na.8H2O.2H/c5-3-1-2-4-6;;;;;;;;;;;;/h1-2,5-6H;;;8*1H2;;. The molecule has 0 rings (SSSR count). The topological polar surface area (TPSA) is 317 Å². The first-order valence-electron chi connectivity index (χ1n) is 1.25. The molecule has 102 valence electrons. The third-order valence-corrected chi connectivity index (χ3v) is 0.200. The van der Waals surface area contributed by atoms with Crippen LogP contribution >= 0.6 is 0 Å². The summed E-state index contributed by atoms with van der Waals surface area (Å²) in [4.78, 5) is 0. The van der Waals surface area contributed by atoms with Crippen LogP contribution in [-0.4, -0.2) is 126 Å². The minimum atomic E-state index is 0. The van der Waals surface area contributed by atoms with Crippen molar-refractivity contribution >= 4 is 71.5 Å². The van der Waals surface area contributed by atoms with Gasteiger partial charge in [0.1, 0.15) is 0 Å². The van der Waals surface area contributed by atoms with Gasteiger partial charge in [-0.15, -0.1) is 0 Å². The molecule has 0 saturated heterocycles. The first kappa shape index (κ1) is 128. The Morgan fingerprint density at radius 2 is 0.625 bits per heavy atom. The van der Waals surface area contributed by atoms with Gasteiger partial charge in [0.05, 0.1) is 12.4 Å². The van der Waals surface area contributed by atoms with Crippen molar-refractivity contribution in [3.8, 4) is 0 Å². The van der Waals surface area contributed by atoms with Gasteiger partial charge < -0.3 is 54.2 Å². The van der Waals surface area contributed by atoms with Gasteiger partial charge in [0.25, 0.3) is 0 Å². The summed E-state index contributed by atoms with van der Waals surface area (Å²) in [6.07, 6.45) is 1.89. The maximum absolute atomic E-state index is 7.56. The van der Waals surface area contributed by atoms with Gasteiger partial charge in [0.2, 0.25) is 0 Å². The van der Waals surface area contributed by atoms with Gasteiger partial charge in [-0.2, -0.15) is 0 Å². The van der Waals surface area contributed by atoms with Gasteiger partial charge in [-0.3, -0.25) is 0 Å². The van der Waals surface area contributed by atoms with E-state index in [1.54, 1.807) is 0 Å². The van der Waals surface area contributed by atoms with Crippen molar-refractivity contribution in [3.63, 3.8) is 0 Å². The van der Waals surface area contributed by atoms with Crippen molar-refractivity contribution in [3.05, 3.63) is 0 Å². The molecule has 0 aliphatic carbocycles. The fraction of sp³-hybridized carbons (Fsp3) is 0. The number of hydrogen-bond donors (Lipinski definition) is 2. The molecule has 0 spiro atoms. The van der Waals surface area contributed by atoms with Gasteiger partial charge in [-0.05, 0) is 0 Å². The summed E-state index contributed by atoms with van der Waals surface area (Å²) in [5.74, 6) is 0. The molecular formula is C2H22N2Na2O10. The summed E-state index contributed by atoms with van der Waals surface area (Å²) in [5, 5.41) is 20.1. The second-order valence-electron chi connectivity index (χ2n) is 0.529. The molecule has 0 fully saturated rings. The molecule has 0 unspecified atom stereocenters. The van der Waals surface area contributed by atoms with Crippen LogP contribution in [0.3, 0.4) is 0 Å². The molecule has 0 heterocycles. The second-order valence-corrected chi connectivity index (χ2v) is 0.529. The molecule has 16 heavy (non-hydrogen) atoms. The number of hydrogen-bond acceptors (Lipinski definition) is 4. The predicted octanol–water partition coefficient (Wildman–Crippen LogP) is -7.99. The quantitative estimate of drug-likeness (QED) is 0.204. The molecule has 0 radical (unpaired) electrons. The van der Waals surface area contributed by atoms with Gasteiger partial charge in [-0.25, -0.2) is 0 Å². The third-order valence-electron chi connectivity index (χ3n) is 0.200. The Bertz CT molecular complexity index is 73.2. The van der Waals surface area contributed by atoms with Crippen molar-refractivity contribution in [1.82, 2.24) is 0 Å². The summed E-state index contributed by atoms with van der Waals surface area (Å²) in [5.41, 5.74) is 0. The van der Waals surface area contributed by atoms with E-state index < -0.39 is 0 Å². The van der Waals surface area contributed by atoms with Crippen molar-refractivity contribution in [2.75, 3.05) is 0 Å². The van der Waals surface area contributed by atoms with Gasteiger partial charge in [0, 0.05) is 0 Å². The summed E-state index contributed by atoms with van der Waals surface area (Å²) < 4.78 is 0. The van der Waals surface area contributed by atoms with E-state index in [1.165, 1.54) is 0 Å². The van der Waals surface area contributed by atoms with E-state index in [1.807, 2.05) is 0 Å². The molecular weight excluding hydrogens is 258 g/mol. The van der Waals surface area contributed by atoms with Crippen molar-refractivity contribution < 1.29 is 54.2 Å². The second kappa shape index (κ2) is 156. The average molecular weight is 280 g/mol. The first-order valence-corrected chi connectivity index (χ1v) is 1.25. The Balaban J connectivity index is -0.00000000278. The molecule has 0 aromatic carbocycles. The van der Waals surface area contributed by atoms with E-state index in [4.69, 9.17) is 10.4 Å². The first-order chi connectivity index (χ1) is 2.91. The van der Waals surface area contributed by atoms with E-state index in [9.17, 15) is 0 Å². The zero-order valence-electron chi connectivity index (χ0n) is 6.94. The number of rotatable bonds is 1. The number of oxime groups is 2. The van der Waals surface area contributed by atoms with Crippen LogP contribution in [-0.2, 0) is 0 Å². The minimum absolute atomic E-state index is 0. The Morgan fingerprint density at radius 3 is 0.688 bits per heavy atom. The fourth-order valence-corrected chi connectivity index (χ4v) is 0.0596. The van der Waals surface area contributed by atoms with Crippen LogP contribution < -0.4 is 0 Å². The third kappa shape index (κ3) is 207. The van der Waals surface area contributed by atoms with Crippen LogP contribution in [0.5, 0.6) is 0 Å². The Kier molecular flexibility index (Phi) is 1260. The van der Waals surface area contributed by atoms with Gasteiger partial charge in [-0.1, -0.05) is 10.3 Å². The summed E-state index contributed by atoms with van der Waals surface area (Å²) in [7, 11) is 0. The Hall–Kier alpha value is 0.620. The van der Waals surface area contributed by atoms with Crippen molar-refractivity contribution in [2.45, 2.75) is 0 Å². The maximum atomic E-state index is 7.56.